The second kappa shape index (κ2) is 6.92. The molecule has 0 heterocycles. The Morgan fingerprint density at radius 3 is 2.32 bits per heavy atom. The van der Waals surface area contributed by atoms with Gasteiger partial charge in [-0.05, 0) is 17.0 Å². The topological polar surface area (TPSA) is 57.6 Å². The van der Waals surface area contributed by atoms with E-state index in [1.165, 1.54) is 0 Å². The number of hydrogen-bond donors (Lipinski definition) is 1. The number of aliphatic carboxylic acids is 1. The van der Waals surface area contributed by atoms with Crippen LogP contribution < -0.4 is 0 Å². The Balaban J connectivity index is 2.76. The van der Waals surface area contributed by atoms with E-state index in [0.29, 0.717) is 18.9 Å². The van der Waals surface area contributed by atoms with Crippen molar-refractivity contribution in [2.24, 2.45) is 5.92 Å². The predicted molar refractivity (Wildman–Crippen MR) is 73.7 cm³/mol. The summed E-state index contributed by atoms with van der Waals surface area (Å²) in [5.74, 6) is -0.451. The molecule has 0 aliphatic carbocycles. The Hall–Kier alpha value is -1.84. The van der Waals surface area contributed by atoms with Crippen molar-refractivity contribution in [3.63, 3.8) is 0 Å². The highest BCUT2D eigenvalue weighted by Crippen LogP contribution is 2.13. The van der Waals surface area contributed by atoms with Crippen LogP contribution >= 0.6 is 0 Å². The van der Waals surface area contributed by atoms with Gasteiger partial charge in [0.25, 0.3) is 0 Å². The van der Waals surface area contributed by atoms with Gasteiger partial charge >= 0.3 is 5.97 Å². The molecule has 4 nitrogen and oxygen atoms in total. The number of carboxylic acid groups (broad SMARTS) is 1. The van der Waals surface area contributed by atoms with Crippen LogP contribution in [0.1, 0.15) is 31.4 Å². The van der Waals surface area contributed by atoms with Crippen LogP contribution in [-0.4, -0.2) is 28.9 Å². The summed E-state index contributed by atoms with van der Waals surface area (Å²) in [4.78, 5) is 24.4. The minimum atomic E-state index is -0.858. The van der Waals surface area contributed by atoms with Crippen molar-refractivity contribution in [2.75, 3.05) is 7.05 Å². The lowest BCUT2D eigenvalue weighted by atomic mass is 10.0. The summed E-state index contributed by atoms with van der Waals surface area (Å²) in [5, 5.41) is 8.87. The monoisotopic (exact) mass is 263 g/mol. The molecule has 0 unspecified atom stereocenters. The Bertz CT molecular complexity index is 454. The summed E-state index contributed by atoms with van der Waals surface area (Å²) in [7, 11) is 1.75. The third-order valence-corrected chi connectivity index (χ3v) is 2.88. The van der Waals surface area contributed by atoms with Crippen LogP contribution in [0.25, 0.3) is 0 Å². The minimum Gasteiger partial charge on any atom is -0.481 e. The second-order valence-corrected chi connectivity index (χ2v) is 5.19. The molecule has 0 aromatic heterocycles. The zero-order valence-corrected chi connectivity index (χ0v) is 11.7. The molecule has 0 radical (unpaired) electrons. The maximum atomic E-state index is 11.9. The van der Waals surface area contributed by atoms with Crippen LogP contribution in [-0.2, 0) is 22.6 Å². The number of amides is 1. The zero-order valence-electron chi connectivity index (χ0n) is 11.7. The normalized spacial score (nSPS) is 10.5. The molecule has 104 valence electrons. The maximum Gasteiger partial charge on any atom is 0.307 e. The third kappa shape index (κ3) is 5.12. The van der Waals surface area contributed by atoms with E-state index in [1.807, 2.05) is 32.0 Å². The van der Waals surface area contributed by atoms with Gasteiger partial charge in [0, 0.05) is 20.0 Å². The molecule has 0 aliphatic heterocycles. The highest BCUT2D eigenvalue weighted by atomic mass is 16.4. The summed E-state index contributed by atoms with van der Waals surface area (Å²) >= 11 is 0. The van der Waals surface area contributed by atoms with Crippen molar-refractivity contribution in [1.82, 2.24) is 4.90 Å². The van der Waals surface area contributed by atoms with Crippen LogP contribution in [0.3, 0.4) is 0 Å². The SMILES string of the molecule is CC(C)CC(=O)N(C)Cc1ccccc1CC(=O)O. The van der Waals surface area contributed by atoms with E-state index < -0.39 is 5.97 Å². The number of benzene rings is 1. The van der Waals surface area contributed by atoms with Gasteiger partial charge in [-0.2, -0.15) is 0 Å². The van der Waals surface area contributed by atoms with E-state index in [-0.39, 0.29) is 12.3 Å². The number of rotatable bonds is 6. The highest BCUT2D eigenvalue weighted by Gasteiger charge is 2.13. The fourth-order valence-electron chi connectivity index (χ4n) is 1.90. The highest BCUT2D eigenvalue weighted by molar-refractivity contribution is 5.76. The van der Waals surface area contributed by atoms with E-state index in [0.717, 1.165) is 11.1 Å². The molecular formula is C15H21NO3. The lowest BCUT2D eigenvalue weighted by Gasteiger charge is -2.20. The van der Waals surface area contributed by atoms with Crippen LogP contribution in [0.15, 0.2) is 24.3 Å². The molecule has 0 fully saturated rings. The molecule has 1 aromatic rings. The molecule has 4 heteroatoms. The first-order valence-electron chi connectivity index (χ1n) is 6.42. The molecule has 0 bridgehead atoms. The van der Waals surface area contributed by atoms with Crippen molar-refractivity contribution in [2.45, 2.75) is 33.2 Å². The molecule has 1 N–H and O–H groups in total. The number of nitrogens with zero attached hydrogens (tertiary/aromatic N) is 1. The Labute approximate surface area is 114 Å². The van der Waals surface area contributed by atoms with Gasteiger partial charge in [0.05, 0.1) is 6.42 Å². The summed E-state index contributed by atoms with van der Waals surface area (Å²) in [5.41, 5.74) is 1.66. The van der Waals surface area contributed by atoms with Crippen molar-refractivity contribution < 1.29 is 14.7 Å². The zero-order chi connectivity index (χ0) is 14.4. The fourth-order valence-corrected chi connectivity index (χ4v) is 1.90. The van der Waals surface area contributed by atoms with Crippen LogP contribution in [0.2, 0.25) is 0 Å². The maximum absolute atomic E-state index is 11.9. The average molecular weight is 263 g/mol. The summed E-state index contributed by atoms with van der Waals surface area (Å²) in [6.07, 6.45) is 0.500. The Kier molecular flexibility index (Phi) is 5.55. The minimum absolute atomic E-state index is 0.0115. The molecule has 19 heavy (non-hydrogen) atoms. The van der Waals surface area contributed by atoms with Crippen molar-refractivity contribution in [1.29, 1.82) is 0 Å². The molecule has 0 saturated heterocycles. The van der Waals surface area contributed by atoms with Gasteiger partial charge in [0.15, 0.2) is 0 Å². The van der Waals surface area contributed by atoms with Crippen LogP contribution in [0, 0.1) is 5.92 Å². The molecule has 1 aromatic carbocycles. The van der Waals surface area contributed by atoms with E-state index in [9.17, 15) is 9.59 Å². The molecule has 0 atom stereocenters. The van der Waals surface area contributed by atoms with Gasteiger partial charge in [-0.3, -0.25) is 9.59 Å². The number of carbonyl (C=O) groups excluding carboxylic acids is 1. The van der Waals surface area contributed by atoms with E-state index in [4.69, 9.17) is 5.11 Å². The summed E-state index contributed by atoms with van der Waals surface area (Å²) in [6.45, 7) is 4.46. The third-order valence-electron chi connectivity index (χ3n) is 2.88. The molecule has 1 amide bonds. The second-order valence-electron chi connectivity index (χ2n) is 5.19. The summed E-state index contributed by atoms with van der Waals surface area (Å²) < 4.78 is 0. The molecule has 0 spiro atoms. The molecule has 1 rings (SSSR count). The van der Waals surface area contributed by atoms with Gasteiger partial charge in [-0.25, -0.2) is 0 Å². The van der Waals surface area contributed by atoms with E-state index in [2.05, 4.69) is 0 Å². The standard InChI is InChI=1S/C15H21NO3/c1-11(2)8-14(17)16(3)10-13-7-5-4-6-12(13)9-15(18)19/h4-7,11H,8-10H2,1-3H3,(H,18,19). The Morgan fingerprint density at radius 1 is 1.21 bits per heavy atom. The smallest absolute Gasteiger partial charge is 0.307 e. The van der Waals surface area contributed by atoms with Gasteiger partial charge in [-0.1, -0.05) is 38.1 Å². The van der Waals surface area contributed by atoms with Gasteiger partial charge in [0.1, 0.15) is 0 Å². The Morgan fingerprint density at radius 2 is 1.79 bits per heavy atom. The van der Waals surface area contributed by atoms with Crippen LogP contribution in [0.5, 0.6) is 0 Å². The first-order valence-corrected chi connectivity index (χ1v) is 6.42. The first-order chi connectivity index (χ1) is 8.90. The first kappa shape index (κ1) is 15.2. The lowest BCUT2D eigenvalue weighted by Crippen LogP contribution is -2.27. The van der Waals surface area contributed by atoms with Crippen LogP contribution in [0.4, 0.5) is 0 Å². The van der Waals surface area contributed by atoms with Crippen molar-refractivity contribution >= 4 is 11.9 Å². The number of carbonyl (C=O) groups is 2. The summed E-state index contributed by atoms with van der Waals surface area (Å²) in [6, 6.07) is 7.35. The molecule has 0 aliphatic rings. The molecule has 0 saturated carbocycles. The largest absolute Gasteiger partial charge is 0.481 e. The average Bonchev–Trinajstić information content (AvgIpc) is 2.30. The van der Waals surface area contributed by atoms with Gasteiger partial charge in [0.2, 0.25) is 5.91 Å². The molecular weight excluding hydrogens is 242 g/mol. The van der Waals surface area contributed by atoms with Gasteiger partial charge in [-0.15, -0.1) is 0 Å². The van der Waals surface area contributed by atoms with Crippen molar-refractivity contribution in [3.8, 4) is 0 Å². The van der Waals surface area contributed by atoms with E-state index in [1.54, 1.807) is 18.0 Å². The van der Waals surface area contributed by atoms with E-state index >= 15 is 0 Å². The fraction of sp³-hybridized carbons (Fsp3) is 0.467. The number of hydrogen-bond acceptors (Lipinski definition) is 2. The predicted octanol–water partition coefficient (Wildman–Crippen LogP) is 2.32. The lowest BCUT2D eigenvalue weighted by molar-refractivity contribution is -0.136. The van der Waals surface area contributed by atoms with Crippen molar-refractivity contribution in [3.05, 3.63) is 35.4 Å². The van der Waals surface area contributed by atoms with Gasteiger partial charge < -0.3 is 10.0 Å². The number of carboxylic acids is 1. The quantitative estimate of drug-likeness (QED) is 0.857.